The van der Waals surface area contributed by atoms with Crippen molar-refractivity contribution in [1.82, 2.24) is 0 Å². The molecule has 0 aromatic heterocycles. The van der Waals surface area contributed by atoms with Crippen LogP contribution in [0.3, 0.4) is 0 Å². The zero-order valence-corrected chi connectivity index (χ0v) is 8.82. The Bertz CT molecular complexity index is 350. The fourth-order valence-corrected chi connectivity index (χ4v) is 1.23. The van der Waals surface area contributed by atoms with Gasteiger partial charge in [-0.2, -0.15) is 0 Å². The lowest BCUT2D eigenvalue weighted by molar-refractivity contribution is 0.0996. The normalized spacial score (nSPS) is 9.93. The standard InChI is InChI=1S/C11H16N2O2/c1-2-3-7-15-10-8(11(13)14)5-4-6-9(10)12/h4-6H,2-3,7,12H2,1H3,(H2,13,14). The fourth-order valence-electron chi connectivity index (χ4n) is 1.23. The zero-order chi connectivity index (χ0) is 11.3. The van der Waals surface area contributed by atoms with Gasteiger partial charge in [0.15, 0.2) is 5.75 Å². The molecule has 15 heavy (non-hydrogen) atoms. The van der Waals surface area contributed by atoms with Gasteiger partial charge in [-0.1, -0.05) is 19.4 Å². The van der Waals surface area contributed by atoms with Crippen LogP contribution in [0.1, 0.15) is 30.1 Å². The number of carbonyl (C=O) groups excluding carboxylic acids is 1. The first-order valence-electron chi connectivity index (χ1n) is 4.98. The summed E-state index contributed by atoms with van der Waals surface area (Å²) in [5, 5.41) is 0. The van der Waals surface area contributed by atoms with Crippen LogP contribution in [0.15, 0.2) is 18.2 Å². The van der Waals surface area contributed by atoms with E-state index in [1.807, 2.05) is 0 Å². The highest BCUT2D eigenvalue weighted by Gasteiger charge is 2.11. The van der Waals surface area contributed by atoms with E-state index in [4.69, 9.17) is 16.2 Å². The molecular formula is C11H16N2O2. The summed E-state index contributed by atoms with van der Waals surface area (Å²) in [4.78, 5) is 11.1. The highest BCUT2D eigenvalue weighted by Crippen LogP contribution is 2.26. The average Bonchev–Trinajstić information content (AvgIpc) is 2.20. The van der Waals surface area contributed by atoms with Gasteiger partial charge in [0.2, 0.25) is 0 Å². The van der Waals surface area contributed by atoms with Crippen molar-refractivity contribution in [2.24, 2.45) is 5.73 Å². The Hall–Kier alpha value is -1.71. The van der Waals surface area contributed by atoms with Crippen LogP contribution in [0.25, 0.3) is 0 Å². The first-order chi connectivity index (χ1) is 7.16. The SMILES string of the molecule is CCCCOc1c(N)cccc1C(N)=O. The van der Waals surface area contributed by atoms with Crippen molar-refractivity contribution in [3.8, 4) is 5.75 Å². The van der Waals surface area contributed by atoms with E-state index in [0.717, 1.165) is 12.8 Å². The zero-order valence-electron chi connectivity index (χ0n) is 8.82. The lowest BCUT2D eigenvalue weighted by Crippen LogP contribution is -2.14. The van der Waals surface area contributed by atoms with Crippen molar-refractivity contribution in [2.45, 2.75) is 19.8 Å². The van der Waals surface area contributed by atoms with Crippen molar-refractivity contribution in [3.63, 3.8) is 0 Å². The number of ether oxygens (including phenoxy) is 1. The van der Waals surface area contributed by atoms with Gasteiger partial charge in [-0.05, 0) is 18.6 Å². The van der Waals surface area contributed by atoms with Gasteiger partial charge < -0.3 is 16.2 Å². The van der Waals surface area contributed by atoms with E-state index in [9.17, 15) is 4.79 Å². The van der Waals surface area contributed by atoms with Crippen LogP contribution in [-0.4, -0.2) is 12.5 Å². The number of para-hydroxylation sites is 1. The Balaban J connectivity index is 2.87. The summed E-state index contributed by atoms with van der Waals surface area (Å²) in [6.45, 7) is 2.61. The number of anilines is 1. The predicted molar refractivity (Wildman–Crippen MR) is 59.8 cm³/mol. The Labute approximate surface area is 89.2 Å². The van der Waals surface area contributed by atoms with E-state index in [0.29, 0.717) is 23.6 Å². The van der Waals surface area contributed by atoms with Crippen molar-refractivity contribution < 1.29 is 9.53 Å². The Morgan fingerprint density at radius 3 is 2.80 bits per heavy atom. The monoisotopic (exact) mass is 208 g/mol. The molecule has 1 aromatic rings. The molecule has 0 spiro atoms. The summed E-state index contributed by atoms with van der Waals surface area (Å²) in [5.74, 6) is -0.118. The quantitative estimate of drug-likeness (QED) is 0.569. The van der Waals surface area contributed by atoms with Crippen LogP contribution < -0.4 is 16.2 Å². The number of benzene rings is 1. The van der Waals surface area contributed by atoms with Crippen molar-refractivity contribution >= 4 is 11.6 Å². The second-order valence-electron chi connectivity index (χ2n) is 3.29. The molecule has 0 aliphatic carbocycles. The first-order valence-corrected chi connectivity index (χ1v) is 4.98. The largest absolute Gasteiger partial charge is 0.491 e. The maximum absolute atomic E-state index is 11.1. The molecule has 82 valence electrons. The van der Waals surface area contributed by atoms with Crippen LogP contribution in [0.4, 0.5) is 5.69 Å². The van der Waals surface area contributed by atoms with Crippen LogP contribution in [0.5, 0.6) is 5.75 Å². The predicted octanol–water partition coefficient (Wildman–Crippen LogP) is 1.55. The number of nitrogens with two attached hydrogens (primary N) is 2. The average molecular weight is 208 g/mol. The van der Waals surface area contributed by atoms with E-state index in [2.05, 4.69) is 6.92 Å². The third-order valence-corrected chi connectivity index (χ3v) is 2.06. The molecule has 0 bridgehead atoms. The number of amides is 1. The maximum Gasteiger partial charge on any atom is 0.252 e. The van der Waals surface area contributed by atoms with Gasteiger partial charge in [-0.15, -0.1) is 0 Å². The summed E-state index contributed by atoms with van der Waals surface area (Å²) in [5.41, 5.74) is 11.7. The minimum absolute atomic E-state index is 0.339. The molecule has 4 heteroatoms. The van der Waals surface area contributed by atoms with Gasteiger partial charge in [0.25, 0.3) is 5.91 Å². The summed E-state index contributed by atoms with van der Waals surface area (Å²) >= 11 is 0. The maximum atomic E-state index is 11.1. The summed E-state index contributed by atoms with van der Waals surface area (Å²) < 4.78 is 5.44. The molecule has 1 rings (SSSR count). The number of primary amides is 1. The van der Waals surface area contributed by atoms with Crippen molar-refractivity contribution in [1.29, 1.82) is 0 Å². The summed E-state index contributed by atoms with van der Waals surface area (Å²) in [7, 11) is 0. The lowest BCUT2D eigenvalue weighted by atomic mass is 10.1. The Morgan fingerprint density at radius 1 is 1.47 bits per heavy atom. The second-order valence-corrected chi connectivity index (χ2v) is 3.29. The minimum Gasteiger partial charge on any atom is -0.491 e. The molecule has 0 saturated carbocycles. The number of hydrogen-bond acceptors (Lipinski definition) is 3. The second kappa shape index (κ2) is 5.24. The molecule has 4 nitrogen and oxygen atoms in total. The topological polar surface area (TPSA) is 78.3 Å². The van der Waals surface area contributed by atoms with E-state index >= 15 is 0 Å². The molecular weight excluding hydrogens is 192 g/mol. The number of hydrogen-bond donors (Lipinski definition) is 2. The molecule has 0 atom stereocenters. The highest BCUT2D eigenvalue weighted by molar-refractivity contribution is 5.97. The molecule has 0 aliphatic heterocycles. The molecule has 1 aromatic carbocycles. The van der Waals surface area contributed by atoms with Crippen LogP contribution in [0.2, 0.25) is 0 Å². The third-order valence-electron chi connectivity index (χ3n) is 2.06. The van der Waals surface area contributed by atoms with Gasteiger partial charge in [-0.25, -0.2) is 0 Å². The van der Waals surface area contributed by atoms with E-state index in [-0.39, 0.29) is 0 Å². The summed E-state index contributed by atoms with van der Waals surface area (Å²) in [6, 6.07) is 4.98. The van der Waals surface area contributed by atoms with E-state index < -0.39 is 5.91 Å². The van der Waals surface area contributed by atoms with E-state index in [1.165, 1.54) is 0 Å². The van der Waals surface area contributed by atoms with Gasteiger partial charge in [0, 0.05) is 0 Å². The number of nitrogen functional groups attached to an aromatic ring is 1. The lowest BCUT2D eigenvalue weighted by Gasteiger charge is -2.11. The van der Waals surface area contributed by atoms with Gasteiger partial charge in [0.05, 0.1) is 17.9 Å². The molecule has 4 N–H and O–H groups in total. The van der Waals surface area contributed by atoms with Gasteiger partial charge in [0.1, 0.15) is 0 Å². The molecule has 0 heterocycles. The third kappa shape index (κ3) is 2.87. The number of rotatable bonds is 5. The number of unbranched alkanes of at least 4 members (excludes halogenated alkanes) is 1. The smallest absolute Gasteiger partial charge is 0.252 e. The minimum atomic E-state index is -0.520. The van der Waals surface area contributed by atoms with Gasteiger partial charge >= 0.3 is 0 Å². The molecule has 1 amide bonds. The molecule has 0 radical (unpaired) electrons. The molecule has 0 aliphatic rings. The first kappa shape index (κ1) is 11.4. The fraction of sp³-hybridized carbons (Fsp3) is 0.364. The Morgan fingerprint density at radius 2 is 2.20 bits per heavy atom. The van der Waals surface area contributed by atoms with Crippen molar-refractivity contribution in [3.05, 3.63) is 23.8 Å². The summed E-state index contributed by atoms with van der Waals surface area (Å²) in [6.07, 6.45) is 1.95. The van der Waals surface area contributed by atoms with Crippen LogP contribution in [-0.2, 0) is 0 Å². The Kier molecular flexibility index (Phi) is 3.97. The molecule has 0 unspecified atom stereocenters. The van der Waals surface area contributed by atoms with Crippen molar-refractivity contribution in [2.75, 3.05) is 12.3 Å². The molecule has 0 fully saturated rings. The molecule has 0 saturated heterocycles. The van der Waals surface area contributed by atoms with E-state index in [1.54, 1.807) is 18.2 Å². The highest BCUT2D eigenvalue weighted by atomic mass is 16.5. The van der Waals surface area contributed by atoms with Crippen LogP contribution >= 0.6 is 0 Å². The number of carbonyl (C=O) groups is 1. The van der Waals surface area contributed by atoms with Gasteiger partial charge in [-0.3, -0.25) is 4.79 Å². The van der Waals surface area contributed by atoms with Crippen LogP contribution in [0, 0.1) is 0 Å².